The second-order valence-corrected chi connectivity index (χ2v) is 9.29. The molecule has 1 atom stereocenters. The van der Waals surface area contributed by atoms with Gasteiger partial charge in [0.25, 0.3) is 5.91 Å². The molecule has 35 heavy (non-hydrogen) atoms. The lowest BCUT2D eigenvalue weighted by Gasteiger charge is -2.23. The van der Waals surface area contributed by atoms with Crippen molar-refractivity contribution in [3.63, 3.8) is 0 Å². The zero-order valence-electron chi connectivity index (χ0n) is 19.5. The molecule has 11 heteroatoms. The maximum atomic E-state index is 13.3. The third-order valence-electron chi connectivity index (χ3n) is 5.89. The molecule has 10 nitrogen and oxygen atoms in total. The molecule has 3 aromatic rings. The molecule has 0 aliphatic carbocycles. The summed E-state index contributed by atoms with van der Waals surface area (Å²) in [6.45, 7) is 1.64. The van der Waals surface area contributed by atoms with Crippen LogP contribution in [0.4, 0.5) is 16.3 Å². The van der Waals surface area contributed by atoms with E-state index in [0.29, 0.717) is 44.0 Å². The summed E-state index contributed by atoms with van der Waals surface area (Å²) in [7, 11) is 3.36. The van der Waals surface area contributed by atoms with Crippen molar-refractivity contribution in [1.82, 2.24) is 14.9 Å². The smallest absolute Gasteiger partial charge is 0.407 e. The second kappa shape index (κ2) is 10.7. The number of rotatable bonds is 8. The van der Waals surface area contributed by atoms with Crippen molar-refractivity contribution in [2.75, 3.05) is 43.5 Å². The van der Waals surface area contributed by atoms with Crippen molar-refractivity contribution in [3.8, 4) is 0 Å². The fourth-order valence-corrected chi connectivity index (χ4v) is 4.71. The lowest BCUT2D eigenvalue weighted by Crippen LogP contribution is -2.33. The van der Waals surface area contributed by atoms with Gasteiger partial charge in [0.1, 0.15) is 5.82 Å². The molecule has 0 radical (unpaired) electrons. The van der Waals surface area contributed by atoms with Gasteiger partial charge in [-0.2, -0.15) is 0 Å². The van der Waals surface area contributed by atoms with E-state index in [9.17, 15) is 14.4 Å². The molecule has 0 saturated carbocycles. The highest BCUT2D eigenvalue weighted by Gasteiger charge is 2.27. The minimum absolute atomic E-state index is 0.237. The first kappa shape index (κ1) is 24.4. The number of fused-ring (bicyclic) bond motifs is 1. The molecule has 4 rings (SSSR count). The van der Waals surface area contributed by atoms with E-state index in [1.807, 2.05) is 53.7 Å². The first-order valence-electron chi connectivity index (χ1n) is 11.1. The van der Waals surface area contributed by atoms with Gasteiger partial charge in [-0.25, -0.2) is 14.6 Å². The van der Waals surface area contributed by atoms with Crippen LogP contribution in [0.3, 0.4) is 0 Å². The van der Waals surface area contributed by atoms with Crippen LogP contribution >= 0.6 is 11.3 Å². The number of anilines is 2. The van der Waals surface area contributed by atoms with E-state index < -0.39 is 11.8 Å². The lowest BCUT2D eigenvalue weighted by molar-refractivity contribution is 0.0310. The number of aromatic amines is 1. The highest BCUT2D eigenvalue weighted by Crippen LogP contribution is 2.29. The number of nitrogens with one attached hydrogen (secondary N) is 1. The minimum Gasteiger partial charge on any atom is -0.465 e. The van der Waals surface area contributed by atoms with E-state index in [0.717, 1.165) is 16.1 Å². The van der Waals surface area contributed by atoms with Gasteiger partial charge >= 0.3 is 11.8 Å². The SMILES string of the molecule is CN(CCC(OCc1cccc(N2CCN(C)c3[nH]c(=O)ncc3C2=O)c1)c1cccs1)C(=O)O. The summed E-state index contributed by atoms with van der Waals surface area (Å²) >= 11 is 1.57. The standard InChI is InChI=1S/C24H27N5O5S/c1-27-10-11-29(22(30)18-14-25-23(31)26-21(18)27)17-6-3-5-16(13-17)15-34-19(20-7-4-12-35-20)8-9-28(2)24(32)33/h3-7,12-14,19H,8-11,15H2,1-2H3,(H,32,33)(H,25,26,31). The molecule has 1 aliphatic heterocycles. The van der Waals surface area contributed by atoms with E-state index in [-0.39, 0.29) is 12.0 Å². The number of carbonyl (C=O) groups is 2. The van der Waals surface area contributed by atoms with E-state index in [4.69, 9.17) is 9.84 Å². The Morgan fingerprint density at radius 3 is 2.86 bits per heavy atom. The Morgan fingerprint density at radius 1 is 1.29 bits per heavy atom. The first-order chi connectivity index (χ1) is 16.8. The summed E-state index contributed by atoms with van der Waals surface area (Å²) in [6.07, 6.45) is 0.625. The zero-order valence-corrected chi connectivity index (χ0v) is 20.3. The lowest BCUT2D eigenvalue weighted by atomic mass is 10.1. The summed E-state index contributed by atoms with van der Waals surface area (Å²) in [5.74, 6) is 0.224. The van der Waals surface area contributed by atoms with Crippen molar-refractivity contribution >= 4 is 34.8 Å². The topological polar surface area (TPSA) is 119 Å². The Hall–Kier alpha value is -3.70. The van der Waals surface area contributed by atoms with Crippen LogP contribution in [0.15, 0.2) is 52.8 Å². The van der Waals surface area contributed by atoms with Gasteiger partial charge in [-0.1, -0.05) is 18.2 Å². The molecule has 2 N–H and O–H groups in total. The van der Waals surface area contributed by atoms with Gasteiger partial charge in [-0.3, -0.25) is 9.78 Å². The van der Waals surface area contributed by atoms with Crippen LogP contribution in [0, 0.1) is 0 Å². The number of nitrogens with zero attached hydrogens (tertiary/aromatic N) is 4. The third kappa shape index (κ3) is 5.69. The number of carbonyl (C=O) groups excluding carboxylic acids is 1. The van der Waals surface area contributed by atoms with Crippen molar-refractivity contribution in [1.29, 1.82) is 0 Å². The number of carboxylic acid groups (broad SMARTS) is 1. The van der Waals surface area contributed by atoms with Gasteiger partial charge in [0.15, 0.2) is 0 Å². The van der Waals surface area contributed by atoms with Gasteiger partial charge < -0.3 is 24.5 Å². The first-order valence-corrected chi connectivity index (χ1v) is 12.0. The normalized spacial score (nSPS) is 14.4. The number of amides is 2. The van der Waals surface area contributed by atoms with E-state index in [1.54, 1.807) is 16.2 Å². The van der Waals surface area contributed by atoms with Gasteiger partial charge in [-0.15, -0.1) is 11.3 Å². The maximum absolute atomic E-state index is 13.3. The number of H-pyrrole nitrogens is 1. The van der Waals surface area contributed by atoms with Gasteiger partial charge in [0, 0.05) is 50.5 Å². The van der Waals surface area contributed by atoms with Gasteiger partial charge in [0.05, 0.1) is 18.3 Å². The molecule has 1 unspecified atom stereocenters. The van der Waals surface area contributed by atoms with E-state index in [1.165, 1.54) is 18.1 Å². The highest BCUT2D eigenvalue weighted by atomic mass is 32.1. The molecular weight excluding hydrogens is 470 g/mol. The monoisotopic (exact) mass is 497 g/mol. The summed E-state index contributed by atoms with van der Waals surface area (Å²) in [6, 6.07) is 11.5. The molecule has 3 heterocycles. The molecule has 1 aliphatic rings. The van der Waals surface area contributed by atoms with Crippen LogP contribution in [0.1, 0.15) is 33.3 Å². The van der Waals surface area contributed by atoms with Crippen molar-refractivity contribution < 1.29 is 19.4 Å². The van der Waals surface area contributed by atoms with Crippen LogP contribution in [0.5, 0.6) is 0 Å². The fourth-order valence-electron chi connectivity index (χ4n) is 3.90. The molecule has 0 bridgehead atoms. The van der Waals surface area contributed by atoms with E-state index in [2.05, 4.69) is 9.97 Å². The average molecular weight is 498 g/mol. The summed E-state index contributed by atoms with van der Waals surface area (Å²) in [4.78, 5) is 48.3. The van der Waals surface area contributed by atoms with Crippen molar-refractivity contribution in [2.24, 2.45) is 0 Å². The number of aromatic nitrogens is 2. The number of ether oxygens (including phenoxy) is 1. The number of benzene rings is 1. The Morgan fingerprint density at radius 2 is 2.11 bits per heavy atom. The number of likely N-dealkylation sites (N-methyl/N-ethyl adjacent to an activating group) is 1. The quantitative estimate of drug-likeness (QED) is 0.491. The number of hydrogen-bond donors (Lipinski definition) is 2. The van der Waals surface area contributed by atoms with E-state index >= 15 is 0 Å². The van der Waals surface area contributed by atoms with Crippen LogP contribution in [0.2, 0.25) is 0 Å². The summed E-state index contributed by atoms with van der Waals surface area (Å²) < 4.78 is 6.21. The fraction of sp³-hybridized carbons (Fsp3) is 0.333. The van der Waals surface area contributed by atoms with Gasteiger partial charge in [-0.05, 0) is 35.6 Å². The van der Waals surface area contributed by atoms with Crippen LogP contribution in [-0.4, -0.2) is 65.7 Å². The largest absolute Gasteiger partial charge is 0.465 e. The summed E-state index contributed by atoms with van der Waals surface area (Å²) in [5.41, 5.74) is 1.46. The molecule has 0 fully saturated rings. The molecule has 2 aromatic heterocycles. The molecular formula is C24H27N5O5S. The predicted molar refractivity (Wildman–Crippen MR) is 133 cm³/mol. The average Bonchev–Trinajstić information content (AvgIpc) is 3.35. The predicted octanol–water partition coefficient (Wildman–Crippen LogP) is 3.19. The van der Waals surface area contributed by atoms with Crippen LogP contribution < -0.4 is 15.5 Å². The number of hydrogen-bond acceptors (Lipinski definition) is 7. The maximum Gasteiger partial charge on any atom is 0.407 e. The molecule has 1 aromatic carbocycles. The van der Waals surface area contributed by atoms with Crippen LogP contribution in [-0.2, 0) is 11.3 Å². The Balaban J connectivity index is 1.50. The molecule has 184 valence electrons. The molecule has 2 amide bonds. The number of thiophene rings is 1. The van der Waals surface area contributed by atoms with Crippen molar-refractivity contribution in [3.05, 3.63) is 74.5 Å². The zero-order chi connectivity index (χ0) is 24.9. The summed E-state index contributed by atoms with van der Waals surface area (Å²) in [5, 5.41) is 11.1. The molecule has 0 spiro atoms. The Labute approximate surface area is 206 Å². The Bertz CT molecular complexity index is 1250. The minimum atomic E-state index is -0.976. The van der Waals surface area contributed by atoms with Crippen molar-refractivity contribution in [2.45, 2.75) is 19.1 Å². The second-order valence-electron chi connectivity index (χ2n) is 8.31. The Kier molecular flexibility index (Phi) is 7.47. The third-order valence-corrected chi connectivity index (χ3v) is 6.86. The van der Waals surface area contributed by atoms with Crippen LogP contribution in [0.25, 0.3) is 0 Å². The highest BCUT2D eigenvalue weighted by molar-refractivity contribution is 7.10. The van der Waals surface area contributed by atoms with Gasteiger partial charge in [0.2, 0.25) is 0 Å². The molecule has 0 saturated heterocycles.